The smallest absolute Gasteiger partial charge is 0.268 e. The lowest BCUT2D eigenvalue weighted by atomic mass is 10.1. The number of hydrogen-bond acceptors (Lipinski definition) is 3. The molecule has 17 heavy (non-hydrogen) atoms. The number of nitrogens with one attached hydrogen (secondary N) is 1. The van der Waals surface area contributed by atoms with Crippen LogP contribution in [0.2, 0.25) is 0 Å². The SMILES string of the molecule is CCOc1cc2ccccc2cc1C(=O)NN. The summed E-state index contributed by atoms with van der Waals surface area (Å²) in [5.41, 5.74) is 2.58. The average molecular weight is 230 g/mol. The van der Waals surface area contributed by atoms with Crippen LogP contribution in [0.4, 0.5) is 0 Å². The van der Waals surface area contributed by atoms with Crippen LogP contribution < -0.4 is 16.0 Å². The Kier molecular flexibility index (Phi) is 3.25. The van der Waals surface area contributed by atoms with Gasteiger partial charge in [-0.05, 0) is 29.8 Å². The van der Waals surface area contributed by atoms with E-state index in [1.54, 1.807) is 6.07 Å². The molecule has 0 aliphatic carbocycles. The number of nitrogens with two attached hydrogens (primary N) is 1. The number of ether oxygens (including phenoxy) is 1. The second-order valence-corrected chi connectivity index (χ2v) is 3.60. The van der Waals surface area contributed by atoms with Crippen molar-refractivity contribution in [2.24, 2.45) is 5.84 Å². The maximum Gasteiger partial charge on any atom is 0.268 e. The Bertz CT molecular complexity index is 552. The molecule has 4 nitrogen and oxygen atoms in total. The molecule has 0 spiro atoms. The van der Waals surface area contributed by atoms with Crippen molar-refractivity contribution in [2.75, 3.05) is 6.61 Å². The van der Waals surface area contributed by atoms with Gasteiger partial charge in [-0.3, -0.25) is 10.2 Å². The summed E-state index contributed by atoms with van der Waals surface area (Å²) >= 11 is 0. The molecule has 2 aromatic carbocycles. The quantitative estimate of drug-likeness (QED) is 0.480. The van der Waals surface area contributed by atoms with Crippen LogP contribution in [0.15, 0.2) is 36.4 Å². The summed E-state index contributed by atoms with van der Waals surface area (Å²) in [6, 6.07) is 11.4. The first-order valence-corrected chi connectivity index (χ1v) is 5.42. The van der Waals surface area contributed by atoms with Crippen molar-refractivity contribution < 1.29 is 9.53 Å². The highest BCUT2D eigenvalue weighted by Crippen LogP contribution is 2.26. The van der Waals surface area contributed by atoms with Crippen LogP contribution in [0.3, 0.4) is 0 Å². The molecule has 0 saturated heterocycles. The lowest BCUT2D eigenvalue weighted by molar-refractivity contribution is 0.0950. The van der Waals surface area contributed by atoms with Gasteiger partial charge in [0.15, 0.2) is 0 Å². The first kappa shape index (κ1) is 11.4. The fraction of sp³-hybridized carbons (Fsp3) is 0.154. The summed E-state index contributed by atoms with van der Waals surface area (Å²) in [6.45, 7) is 2.38. The van der Waals surface area contributed by atoms with E-state index in [0.717, 1.165) is 10.8 Å². The molecule has 0 unspecified atom stereocenters. The molecule has 0 bridgehead atoms. The summed E-state index contributed by atoms with van der Waals surface area (Å²) in [4.78, 5) is 11.6. The molecule has 0 atom stereocenters. The molecular weight excluding hydrogens is 216 g/mol. The minimum absolute atomic E-state index is 0.348. The standard InChI is InChI=1S/C13H14N2O2/c1-2-17-12-8-10-6-4-3-5-9(10)7-11(12)13(16)15-14/h3-8H,2,14H2,1H3,(H,15,16). The average Bonchev–Trinajstić information content (AvgIpc) is 2.37. The van der Waals surface area contributed by atoms with Gasteiger partial charge in [0, 0.05) is 0 Å². The van der Waals surface area contributed by atoms with E-state index < -0.39 is 0 Å². The van der Waals surface area contributed by atoms with Crippen molar-refractivity contribution in [1.82, 2.24) is 5.43 Å². The first-order valence-electron chi connectivity index (χ1n) is 5.42. The Morgan fingerprint density at radius 3 is 2.53 bits per heavy atom. The number of benzene rings is 2. The molecule has 88 valence electrons. The topological polar surface area (TPSA) is 64.3 Å². The number of carbonyl (C=O) groups is 1. The molecule has 3 N–H and O–H groups in total. The third-order valence-corrected chi connectivity index (χ3v) is 2.52. The maximum atomic E-state index is 11.6. The van der Waals surface area contributed by atoms with E-state index >= 15 is 0 Å². The summed E-state index contributed by atoms with van der Waals surface area (Å²) in [5, 5.41) is 2.01. The third-order valence-electron chi connectivity index (χ3n) is 2.52. The van der Waals surface area contributed by atoms with Crippen molar-refractivity contribution in [2.45, 2.75) is 6.92 Å². The van der Waals surface area contributed by atoms with Gasteiger partial charge in [-0.15, -0.1) is 0 Å². The van der Waals surface area contributed by atoms with Crippen molar-refractivity contribution >= 4 is 16.7 Å². The van der Waals surface area contributed by atoms with E-state index in [2.05, 4.69) is 5.43 Å². The molecule has 0 aromatic heterocycles. The Morgan fingerprint density at radius 2 is 1.94 bits per heavy atom. The monoisotopic (exact) mass is 230 g/mol. The molecule has 0 aliphatic rings. The van der Waals surface area contributed by atoms with Gasteiger partial charge >= 0.3 is 0 Å². The number of carbonyl (C=O) groups excluding carboxylic acids is 1. The highest BCUT2D eigenvalue weighted by atomic mass is 16.5. The summed E-state index contributed by atoms with van der Waals surface area (Å²) in [6.07, 6.45) is 0. The number of nitrogen functional groups attached to an aromatic ring is 1. The third kappa shape index (κ3) is 2.21. The molecule has 0 heterocycles. The minimum Gasteiger partial charge on any atom is -0.493 e. The van der Waals surface area contributed by atoms with Crippen LogP contribution in [-0.4, -0.2) is 12.5 Å². The zero-order chi connectivity index (χ0) is 12.3. The molecular formula is C13H14N2O2. The number of hydrogen-bond donors (Lipinski definition) is 2. The van der Waals surface area contributed by atoms with E-state index in [9.17, 15) is 4.79 Å². The lowest BCUT2D eigenvalue weighted by Gasteiger charge is -2.10. The van der Waals surface area contributed by atoms with E-state index in [4.69, 9.17) is 10.6 Å². The second-order valence-electron chi connectivity index (χ2n) is 3.60. The zero-order valence-electron chi connectivity index (χ0n) is 9.57. The Labute approximate surface area is 99.3 Å². The molecule has 1 amide bonds. The predicted molar refractivity (Wildman–Crippen MR) is 66.8 cm³/mol. The van der Waals surface area contributed by atoms with Gasteiger partial charge in [0.1, 0.15) is 5.75 Å². The normalized spacial score (nSPS) is 10.2. The fourth-order valence-electron chi connectivity index (χ4n) is 1.75. The lowest BCUT2D eigenvalue weighted by Crippen LogP contribution is -2.30. The number of fused-ring (bicyclic) bond motifs is 1. The van der Waals surface area contributed by atoms with Crippen molar-refractivity contribution in [3.63, 3.8) is 0 Å². The van der Waals surface area contributed by atoms with Crippen LogP contribution in [0.5, 0.6) is 5.75 Å². The van der Waals surface area contributed by atoms with Crippen LogP contribution in [0.25, 0.3) is 10.8 Å². The van der Waals surface area contributed by atoms with E-state index in [1.807, 2.05) is 37.3 Å². The van der Waals surface area contributed by atoms with Crippen molar-refractivity contribution in [3.8, 4) is 5.75 Å². The van der Waals surface area contributed by atoms with Crippen LogP contribution >= 0.6 is 0 Å². The Balaban J connectivity index is 2.61. The summed E-state index contributed by atoms with van der Waals surface area (Å²) < 4.78 is 5.45. The molecule has 2 rings (SSSR count). The highest BCUT2D eigenvalue weighted by molar-refractivity contribution is 6.01. The molecule has 0 fully saturated rings. The predicted octanol–water partition coefficient (Wildman–Crippen LogP) is 1.84. The van der Waals surface area contributed by atoms with Gasteiger partial charge in [0.05, 0.1) is 12.2 Å². The van der Waals surface area contributed by atoms with Crippen LogP contribution in [0.1, 0.15) is 17.3 Å². The van der Waals surface area contributed by atoms with E-state index in [0.29, 0.717) is 17.9 Å². The van der Waals surface area contributed by atoms with Gasteiger partial charge in [0.25, 0.3) is 5.91 Å². The van der Waals surface area contributed by atoms with Gasteiger partial charge < -0.3 is 4.74 Å². The van der Waals surface area contributed by atoms with Crippen LogP contribution in [-0.2, 0) is 0 Å². The first-order chi connectivity index (χ1) is 8.26. The summed E-state index contributed by atoms with van der Waals surface area (Å²) in [7, 11) is 0. The minimum atomic E-state index is -0.348. The van der Waals surface area contributed by atoms with Gasteiger partial charge in [-0.25, -0.2) is 5.84 Å². The highest BCUT2D eigenvalue weighted by Gasteiger charge is 2.12. The van der Waals surface area contributed by atoms with E-state index in [1.165, 1.54) is 0 Å². The molecule has 4 heteroatoms. The number of hydrazine groups is 1. The maximum absolute atomic E-state index is 11.6. The van der Waals surface area contributed by atoms with Gasteiger partial charge in [-0.1, -0.05) is 24.3 Å². The molecule has 2 aromatic rings. The largest absolute Gasteiger partial charge is 0.493 e. The Hall–Kier alpha value is -2.07. The number of amides is 1. The zero-order valence-corrected chi connectivity index (χ0v) is 9.57. The van der Waals surface area contributed by atoms with E-state index in [-0.39, 0.29) is 5.91 Å². The van der Waals surface area contributed by atoms with Crippen molar-refractivity contribution in [1.29, 1.82) is 0 Å². The molecule has 0 saturated carbocycles. The number of rotatable bonds is 3. The van der Waals surface area contributed by atoms with Gasteiger partial charge in [0.2, 0.25) is 0 Å². The van der Waals surface area contributed by atoms with Gasteiger partial charge in [-0.2, -0.15) is 0 Å². The Morgan fingerprint density at radius 1 is 1.29 bits per heavy atom. The second kappa shape index (κ2) is 4.84. The van der Waals surface area contributed by atoms with Crippen molar-refractivity contribution in [3.05, 3.63) is 42.0 Å². The fourth-order valence-corrected chi connectivity index (χ4v) is 1.75. The summed E-state index contributed by atoms with van der Waals surface area (Å²) in [5.74, 6) is 5.36. The molecule has 0 aliphatic heterocycles. The molecule has 0 radical (unpaired) electrons. The van der Waals surface area contributed by atoms with Crippen LogP contribution in [0, 0.1) is 0 Å².